The Morgan fingerprint density at radius 3 is 2.61 bits per heavy atom. The second kappa shape index (κ2) is 5.81. The van der Waals surface area contributed by atoms with Gasteiger partial charge in [0.05, 0.1) is 6.20 Å². The molecule has 0 atom stereocenters. The molecular weight excluding hydrogens is 296 g/mol. The zero-order chi connectivity index (χ0) is 13.0. The van der Waals surface area contributed by atoms with Gasteiger partial charge in [-0.1, -0.05) is 0 Å². The van der Waals surface area contributed by atoms with Gasteiger partial charge in [-0.05, 0) is 22.9 Å². The largest absolute Gasteiger partial charge is 0.369 e. The summed E-state index contributed by atoms with van der Waals surface area (Å²) in [4.78, 5) is 8.37. The van der Waals surface area contributed by atoms with E-state index in [0.717, 1.165) is 28.2 Å². The standard InChI is InChI=1S/C11H15BrN6/c1-3-13-10-9(12)11(16-7-15-10)14-4-8-5-17-18(2)6-8/h5-7H,3-4H2,1-2H3,(H2,13,14,15,16). The molecule has 0 aliphatic carbocycles. The van der Waals surface area contributed by atoms with E-state index in [4.69, 9.17) is 0 Å². The normalized spacial score (nSPS) is 10.4. The van der Waals surface area contributed by atoms with Crippen LogP contribution in [0.2, 0.25) is 0 Å². The van der Waals surface area contributed by atoms with Crippen LogP contribution in [0.4, 0.5) is 11.6 Å². The van der Waals surface area contributed by atoms with E-state index in [9.17, 15) is 0 Å². The molecule has 0 aliphatic rings. The predicted molar refractivity (Wildman–Crippen MR) is 74.4 cm³/mol. The quantitative estimate of drug-likeness (QED) is 0.884. The van der Waals surface area contributed by atoms with Crippen molar-refractivity contribution in [3.63, 3.8) is 0 Å². The summed E-state index contributed by atoms with van der Waals surface area (Å²) in [7, 11) is 1.90. The minimum Gasteiger partial charge on any atom is -0.369 e. The highest BCUT2D eigenvalue weighted by Crippen LogP contribution is 2.26. The van der Waals surface area contributed by atoms with Crippen molar-refractivity contribution in [2.45, 2.75) is 13.5 Å². The molecule has 0 amide bonds. The smallest absolute Gasteiger partial charge is 0.146 e. The third-order valence-electron chi connectivity index (χ3n) is 2.35. The van der Waals surface area contributed by atoms with Crippen LogP contribution in [-0.2, 0) is 13.6 Å². The van der Waals surface area contributed by atoms with Gasteiger partial charge in [0.15, 0.2) is 0 Å². The molecule has 96 valence electrons. The summed E-state index contributed by atoms with van der Waals surface area (Å²) in [6, 6.07) is 0. The van der Waals surface area contributed by atoms with Crippen molar-refractivity contribution in [2.75, 3.05) is 17.2 Å². The van der Waals surface area contributed by atoms with Gasteiger partial charge >= 0.3 is 0 Å². The monoisotopic (exact) mass is 310 g/mol. The van der Waals surface area contributed by atoms with Gasteiger partial charge in [0, 0.05) is 31.9 Å². The minimum absolute atomic E-state index is 0.676. The Hall–Kier alpha value is -1.63. The van der Waals surface area contributed by atoms with Crippen LogP contribution in [0, 0.1) is 0 Å². The molecule has 0 spiro atoms. The van der Waals surface area contributed by atoms with Crippen molar-refractivity contribution >= 4 is 27.6 Å². The summed E-state index contributed by atoms with van der Waals surface area (Å²) in [6.45, 7) is 3.52. The number of nitrogens with zero attached hydrogens (tertiary/aromatic N) is 4. The fourth-order valence-electron chi connectivity index (χ4n) is 1.53. The maximum atomic E-state index is 4.21. The van der Waals surface area contributed by atoms with Crippen molar-refractivity contribution in [3.05, 3.63) is 28.8 Å². The van der Waals surface area contributed by atoms with E-state index in [-0.39, 0.29) is 0 Å². The van der Waals surface area contributed by atoms with Crippen LogP contribution in [0.1, 0.15) is 12.5 Å². The number of nitrogens with one attached hydrogen (secondary N) is 2. The molecular formula is C11H15BrN6. The Bertz CT molecular complexity index is 524. The lowest BCUT2D eigenvalue weighted by molar-refractivity contribution is 0.767. The van der Waals surface area contributed by atoms with Crippen LogP contribution in [0.25, 0.3) is 0 Å². The lowest BCUT2D eigenvalue weighted by Crippen LogP contribution is -2.06. The average molecular weight is 311 g/mol. The Morgan fingerprint density at radius 2 is 2.00 bits per heavy atom. The maximum Gasteiger partial charge on any atom is 0.146 e. The van der Waals surface area contributed by atoms with Gasteiger partial charge in [-0.15, -0.1) is 0 Å². The SMILES string of the molecule is CCNc1ncnc(NCc2cnn(C)c2)c1Br. The molecule has 2 aromatic heterocycles. The van der Waals surface area contributed by atoms with Gasteiger partial charge in [0.1, 0.15) is 22.4 Å². The summed E-state index contributed by atoms with van der Waals surface area (Å²) < 4.78 is 2.62. The predicted octanol–water partition coefficient (Wildman–Crippen LogP) is 2.02. The van der Waals surface area contributed by atoms with Crippen LogP contribution < -0.4 is 10.6 Å². The Kier molecular flexibility index (Phi) is 4.14. The molecule has 0 radical (unpaired) electrons. The number of hydrogen-bond donors (Lipinski definition) is 2. The molecule has 0 bridgehead atoms. The highest BCUT2D eigenvalue weighted by Gasteiger charge is 2.07. The van der Waals surface area contributed by atoms with Crippen molar-refractivity contribution in [1.82, 2.24) is 19.7 Å². The molecule has 2 rings (SSSR count). The molecule has 2 aromatic rings. The van der Waals surface area contributed by atoms with Crippen LogP contribution >= 0.6 is 15.9 Å². The van der Waals surface area contributed by atoms with E-state index >= 15 is 0 Å². The molecule has 0 fully saturated rings. The van der Waals surface area contributed by atoms with E-state index in [1.165, 1.54) is 6.33 Å². The first-order valence-corrected chi connectivity index (χ1v) is 6.45. The van der Waals surface area contributed by atoms with Gasteiger partial charge < -0.3 is 10.6 Å². The Balaban J connectivity index is 2.07. The maximum absolute atomic E-state index is 4.21. The third-order valence-corrected chi connectivity index (χ3v) is 3.10. The summed E-state index contributed by atoms with van der Waals surface area (Å²) >= 11 is 3.49. The lowest BCUT2D eigenvalue weighted by Gasteiger charge is -2.09. The van der Waals surface area contributed by atoms with Crippen LogP contribution in [0.3, 0.4) is 0 Å². The molecule has 18 heavy (non-hydrogen) atoms. The second-order valence-electron chi connectivity index (χ2n) is 3.79. The van der Waals surface area contributed by atoms with Gasteiger partial charge in [0.25, 0.3) is 0 Å². The lowest BCUT2D eigenvalue weighted by atomic mass is 10.3. The zero-order valence-electron chi connectivity index (χ0n) is 10.3. The van der Waals surface area contributed by atoms with Crippen molar-refractivity contribution in [1.29, 1.82) is 0 Å². The van der Waals surface area contributed by atoms with Gasteiger partial charge in [-0.2, -0.15) is 5.10 Å². The molecule has 7 heteroatoms. The highest BCUT2D eigenvalue weighted by molar-refractivity contribution is 9.10. The van der Waals surface area contributed by atoms with Crippen molar-refractivity contribution in [2.24, 2.45) is 7.05 Å². The molecule has 0 aliphatic heterocycles. The first-order chi connectivity index (χ1) is 8.70. The number of anilines is 2. The molecule has 0 unspecified atom stereocenters. The summed E-state index contributed by atoms with van der Waals surface area (Å²) in [6.07, 6.45) is 5.33. The fraction of sp³-hybridized carbons (Fsp3) is 0.364. The number of aryl methyl sites for hydroxylation is 1. The minimum atomic E-state index is 0.676. The number of hydrogen-bond acceptors (Lipinski definition) is 5. The van der Waals surface area contributed by atoms with Crippen LogP contribution in [-0.4, -0.2) is 26.3 Å². The number of halogens is 1. The average Bonchev–Trinajstić information content (AvgIpc) is 2.77. The first-order valence-electron chi connectivity index (χ1n) is 5.66. The summed E-state index contributed by atoms with van der Waals surface area (Å²) in [5, 5.41) is 10.5. The van der Waals surface area contributed by atoms with Crippen molar-refractivity contribution < 1.29 is 0 Å². The Labute approximate surface area is 114 Å². The number of aromatic nitrogens is 4. The molecule has 0 saturated heterocycles. The van der Waals surface area contributed by atoms with Gasteiger partial charge in [0.2, 0.25) is 0 Å². The number of rotatable bonds is 5. The van der Waals surface area contributed by atoms with E-state index in [1.54, 1.807) is 4.68 Å². The zero-order valence-corrected chi connectivity index (χ0v) is 11.9. The molecule has 6 nitrogen and oxygen atoms in total. The van der Waals surface area contributed by atoms with Gasteiger partial charge in [-0.3, -0.25) is 4.68 Å². The Morgan fingerprint density at radius 1 is 1.28 bits per heavy atom. The van der Waals surface area contributed by atoms with Crippen LogP contribution in [0.15, 0.2) is 23.2 Å². The summed E-state index contributed by atoms with van der Waals surface area (Å²) in [5.74, 6) is 1.56. The fourth-order valence-corrected chi connectivity index (χ4v) is 2.02. The molecule has 0 saturated carbocycles. The van der Waals surface area contributed by atoms with E-state index in [0.29, 0.717) is 6.54 Å². The van der Waals surface area contributed by atoms with Crippen LogP contribution in [0.5, 0.6) is 0 Å². The van der Waals surface area contributed by atoms with E-state index < -0.39 is 0 Å². The molecule has 2 heterocycles. The third kappa shape index (κ3) is 2.98. The molecule has 2 N–H and O–H groups in total. The second-order valence-corrected chi connectivity index (χ2v) is 4.58. The topological polar surface area (TPSA) is 67.7 Å². The first kappa shape index (κ1) is 12.8. The van der Waals surface area contributed by atoms with Gasteiger partial charge in [-0.25, -0.2) is 9.97 Å². The van der Waals surface area contributed by atoms with E-state index in [1.807, 2.05) is 26.4 Å². The van der Waals surface area contributed by atoms with Crippen molar-refractivity contribution in [3.8, 4) is 0 Å². The summed E-state index contributed by atoms with van der Waals surface area (Å²) in [5.41, 5.74) is 1.10. The highest BCUT2D eigenvalue weighted by atomic mass is 79.9. The molecule has 0 aromatic carbocycles. The van der Waals surface area contributed by atoms with E-state index in [2.05, 4.69) is 41.6 Å².